The Morgan fingerprint density at radius 2 is 2.00 bits per heavy atom. The van der Waals surface area contributed by atoms with E-state index in [0.717, 1.165) is 5.56 Å². The summed E-state index contributed by atoms with van der Waals surface area (Å²) in [6.45, 7) is 0.0510. The minimum Gasteiger partial charge on any atom is -0.397 e. The van der Waals surface area contributed by atoms with Gasteiger partial charge in [0, 0.05) is 12.6 Å². The van der Waals surface area contributed by atoms with Crippen LogP contribution in [0.3, 0.4) is 0 Å². The second kappa shape index (κ2) is 4.11. The number of benzene rings is 1. The molecule has 1 atom stereocenters. The Labute approximate surface area is 77.3 Å². The van der Waals surface area contributed by atoms with Gasteiger partial charge in [0.2, 0.25) is 0 Å². The van der Waals surface area contributed by atoms with Gasteiger partial charge < -0.3 is 22.3 Å². The van der Waals surface area contributed by atoms with Crippen molar-refractivity contribution >= 4 is 11.4 Å². The Bertz CT molecular complexity index is 288. The molecule has 0 saturated carbocycles. The zero-order chi connectivity index (χ0) is 9.84. The van der Waals surface area contributed by atoms with Crippen LogP contribution < -0.4 is 17.2 Å². The van der Waals surface area contributed by atoms with Gasteiger partial charge in [-0.3, -0.25) is 0 Å². The first-order valence-corrected chi connectivity index (χ1v) is 4.17. The second-order valence-corrected chi connectivity index (χ2v) is 2.97. The normalized spacial score (nSPS) is 12.8. The summed E-state index contributed by atoms with van der Waals surface area (Å²) < 4.78 is 0. The first-order chi connectivity index (χ1) is 6.16. The van der Waals surface area contributed by atoms with Crippen LogP contribution in [0.5, 0.6) is 0 Å². The van der Waals surface area contributed by atoms with Crippen LogP contribution in [-0.2, 0) is 0 Å². The minimum atomic E-state index is -0.242. The smallest absolute Gasteiger partial charge is 0.0596 e. The summed E-state index contributed by atoms with van der Waals surface area (Å²) in [5, 5.41) is 8.71. The van der Waals surface area contributed by atoms with Crippen LogP contribution >= 0.6 is 0 Å². The van der Waals surface area contributed by atoms with Crippen LogP contribution in [0.1, 0.15) is 18.0 Å². The van der Waals surface area contributed by atoms with Crippen LogP contribution in [0.25, 0.3) is 0 Å². The Balaban J connectivity index is 2.93. The molecule has 0 fully saturated rings. The summed E-state index contributed by atoms with van der Waals surface area (Å²) in [6, 6.07) is 5.11. The molecule has 0 bridgehead atoms. The molecule has 0 amide bonds. The van der Waals surface area contributed by atoms with Crippen molar-refractivity contribution in [3.63, 3.8) is 0 Å². The second-order valence-electron chi connectivity index (χ2n) is 2.97. The van der Waals surface area contributed by atoms with Crippen molar-refractivity contribution in [3.05, 3.63) is 23.8 Å². The van der Waals surface area contributed by atoms with Crippen molar-refractivity contribution in [3.8, 4) is 0 Å². The highest BCUT2D eigenvalue weighted by Gasteiger charge is 2.09. The number of aliphatic hydroxyl groups excluding tert-OH is 1. The number of rotatable bonds is 3. The van der Waals surface area contributed by atoms with E-state index in [1.807, 2.05) is 6.07 Å². The number of para-hydroxylation sites is 1. The number of aliphatic hydroxyl groups is 1. The third kappa shape index (κ3) is 2.11. The van der Waals surface area contributed by atoms with Crippen molar-refractivity contribution < 1.29 is 5.11 Å². The lowest BCUT2D eigenvalue weighted by molar-refractivity contribution is 0.276. The van der Waals surface area contributed by atoms with E-state index < -0.39 is 0 Å². The van der Waals surface area contributed by atoms with Gasteiger partial charge in [0.1, 0.15) is 0 Å². The average molecular weight is 181 g/mol. The van der Waals surface area contributed by atoms with Crippen molar-refractivity contribution in [2.75, 3.05) is 18.1 Å². The van der Waals surface area contributed by atoms with Crippen LogP contribution in [0.2, 0.25) is 0 Å². The number of anilines is 2. The molecule has 0 saturated heterocycles. The number of hydrogen-bond donors (Lipinski definition) is 4. The Morgan fingerprint density at radius 1 is 1.31 bits per heavy atom. The van der Waals surface area contributed by atoms with Crippen LogP contribution in [0, 0.1) is 0 Å². The molecular formula is C9H15N3O. The highest BCUT2D eigenvalue weighted by molar-refractivity contribution is 5.67. The van der Waals surface area contributed by atoms with Gasteiger partial charge in [-0.05, 0) is 18.1 Å². The quantitative estimate of drug-likeness (QED) is 0.502. The largest absolute Gasteiger partial charge is 0.397 e. The topological polar surface area (TPSA) is 98.3 Å². The zero-order valence-corrected chi connectivity index (χ0v) is 7.40. The fourth-order valence-corrected chi connectivity index (χ4v) is 1.22. The maximum Gasteiger partial charge on any atom is 0.0596 e. The van der Waals surface area contributed by atoms with Gasteiger partial charge in [-0.1, -0.05) is 12.1 Å². The predicted octanol–water partition coefficient (Wildman–Crippen LogP) is 0.233. The lowest BCUT2D eigenvalue weighted by atomic mass is 10.0. The van der Waals surface area contributed by atoms with Gasteiger partial charge in [-0.2, -0.15) is 0 Å². The van der Waals surface area contributed by atoms with Gasteiger partial charge in [-0.25, -0.2) is 0 Å². The number of nitrogens with two attached hydrogens (primary N) is 3. The maximum absolute atomic E-state index is 8.71. The van der Waals surface area contributed by atoms with Crippen molar-refractivity contribution in [2.24, 2.45) is 5.73 Å². The monoisotopic (exact) mass is 181 g/mol. The molecule has 0 aliphatic heterocycles. The third-order valence-corrected chi connectivity index (χ3v) is 2.01. The van der Waals surface area contributed by atoms with E-state index in [1.165, 1.54) is 0 Å². The zero-order valence-electron chi connectivity index (χ0n) is 7.40. The molecule has 0 aromatic heterocycles. The molecule has 0 spiro atoms. The van der Waals surface area contributed by atoms with Crippen molar-refractivity contribution in [1.82, 2.24) is 0 Å². The molecule has 1 rings (SSSR count). The van der Waals surface area contributed by atoms with E-state index in [2.05, 4.69) is 0 Å². The van der Waals surface area contributed by atoms with Crippen LogP contribution in [-0.4, -0.2) is 11.7 Å². The van der Waals surface area contributed by atoms with Gasteiger partial charge in [0.25, 0.3) is 0 Å². The molecule has 13 heavy (non-hydrogen) atoms. The molecule has 0 heterocycles. The average Bonchev–Trinajstić information content (AvgIpc) is 2.10. The van der Waals surface area contributed by atoms with E-state index in [-0.39, 0.29) is 12.6 Å². The summed E-state index contributed by atoms with van der Waals surface area (Å²) in [4.78, 5) is 0. The molecule has 4 heteroatoms. The fourth-order valence-electron chi connectivity index (χ4n) is 1.22. The molecule has 72 valence electrons. The standard InChI is InChI=1S/C9H15N3O/c10-7(4-5-13)6-2-1-3-8(11)9(6)12/h1-3,7,13H,4-5,10-12H2/t7-/m1/s1. The SMILES string of the molecule is Nc1cccc([C@H](N)CCO)c1N. The van der Waals surface area contributed by atoms with Crippen molar-refractivity contribution in [1.29, 1.82) is 0 Å². The lowest BCUT2D eigenvalue weighted by Crippen LogP contribution is -2.14. The Hall–Kier alpha value is -1.26. The van der Waals surface area contributed by atoms with Gasteiger partial charge in [0.15, 0.2) is 0 Å². The minimum absolute atomic E-state index is 0.0510. The van der Waals surface area contributed by atoms with E-state index in [0.29, 0.717) is 17.8 Å². The maximum atomic E-state index is 8.71. The van der Waals surface area contributed by atoms with Gasteiger partial charge in [-0.15, -0.1) is 0 Å². The first kappa shape index (κ1) is 9.83. The highest BCUT2D eigenvalue weighted by atomic mass is 16.3. The molecule has 0 unspecified atom stereocenters. The molecule has 1 aromatic rings. The summed E-state index contributed by atoms with van der Waals surface area (Å²) in [5.74, 6) is 0. The predicted molar refractivity (Wildman–Crippen MR) is 53.9 cm³/mol. The van der Waals surface area contributed by atoms with E-state index in [9.17, 15) is 0 Å². The molecule has 0 aliphatic carbocycles. The van der Waals surface area contributed by atoms with Crippen LogP contribution in [0.4, 0.5) is 11.4 Å². The molecule has 7 N–H and O–H groups in total. The molecule has 0 radical (unpaired) electrons. The number of hydrogen-bond acceptors (Lipinski definition) is 4. The summed E-state index contributed by atoms with van der Waals surface area (Å²) in [7, 11) is 0. The third-order valence-electron chi connectivity index (χ3n) is 2.01. The Kier molecular flexibility index (Phi) is 3.11. The van der Waals surface area contributed by atoms with E-state index in [1.54, 1.807) is 12.1 Å². The van der Waals surface area contributed by atoms with Crippen LogP contribution in [0.15, 0.2) is 18.2 Å². The van der Waals surface area contributed by atoms with Gasteiger partial charge in [0.05, 0.1) is 11.4 Å². The molecule has 4 nitrogen and oxygen atoms in total. The summed E-state index contributed by atoms with van der Waals surface area (Å²) >= 11 is 0. The molecular weight excluding hydrogens is 166 g/mol. The summed E-state index contributed by atoms with van der Waals surface area (Å²) in [6.07, 6.45) is 0.494. The number of nitrogen functional groups attached to an aromatic ring is 2. The highest BCUT2D eigenvalue weighted by Crippen LogP contribution is 2.25. The first-order valence-electron chi connectivity index (χ1n) is 4.17. The van der Waals surface area contributed by atoms with Gasteiger partial charge >= 0.3 is 0 Å². The fraction of sp³-hybridized carbons (Fsp3) is 0.333. The lowest BCUT2D eigenvalue weighted by Gasteiger charge is -2.14. The summed E-state index contributed by atoms with van der Waals surface area (Å²) in [5.41, 5.74) is 19.0. The van der Waals surface area contributed by atoms with E-state index >= 15 is 0 Å². The molecule has 0 aliphatic rings. The van der Waals surface area contributed by atoms with Crippen molar-refractivity contribution in [2.45, 2.75) is 12.5 Å². The Morgan fingerprint density at radius 3 is 2.62 bits per heavy atom. The van der Waals surface area contributed by atoms with E-state index in [4.69, 9.17) is 22.3 Å². The molecule has 1 aromatic carbocycles.